The first-order valence-corrected chi connectivity index (χ1v) is 29.8. The number of pyridine rings is 2. The van der Waals surface area contributed by atoms with Gasteiger partial charge in [-0.25, -0.2) is 29.5 Å². The summed E-state index contributed by atoms with van der Waals surface area (Å²) in [5.41, 5.74) is 5.22. The van der Waals surface area contributed by atoms with Crippen molar-refractivity contribution in [3.63, 3.8) is 0 Å². The lowest BCUT2D eigenvalue weighted by atomic mass is 9.85. The molecule has 3 fully saturated rings. The highest BCUT2D eigenvalue weighted by atomic mass is 32.1. The number of benzene rings is 2. The maximum atomic E-state index is 13.5. The first-order valence-electron chi connectivity index (χ1n) is 28.2. The van der Waals surface area contributed by atoms with Gasteiger partial charge in [0, 0.05) is 97.4 Å². The summed E-state index contributed by atoms with van der Waals surface area (Å²) in [7, 11) is 4.02. The number of likely N-dealkylation sites (N-methyl/N-ethyl adjacent to an activating group) is 2. The minimum Gasteiger partial charge on any atom is -0.359 e. The van der Waals surface area contributed by atoms with Gasteiger partial charge in [-0.3, -0.25) is 29.0 Å². The number of carbonyl (C=O) groups excluding carboxylic acids is 4. The molecule has 0 radical (unpaired) electrons. The van der Waals surface area contributed by atoms with Crippen LogP contribution < -0.4 is 41.7 Å². The quantitative estimate of drug-likeness (QED) is 0.0440. The van der Waals surface area contributed by atoms with Crippen LogP contribution >= 0.6 is 22.7 Å². The van der Waals surface area contributed by atoms with Gasteiger partial charge in [-0.2, -0.15) is 0 Å². The number of hydrogen-bond acceptors (Lipinski definition) is 16. The molecular formula is C60H64N16O6S2. The lowest BCUT2D eigenvalue weighted by Crippen LogP contribution is -2.45. The third kappa shape index (κ3) is 11.5. The van der Waals surface area contributed by atoms with E-state index < -0.39 is 17.5 Å². The fourth-order valence-electron chi connectivity index (χ4n) is 10.4. The number of nitrogens with zero attached hydrogens (tertiary/aromatic N) is 10. The maximum Gasteiger partial charge on any atom is 0.324 e. The Balaban J connectivity index is 0.559. The van der Waals surface area contributed by atoms with Crippen LogP contribution in [0.4, 0.5) is 44.2 Å². The van der Waals surface area contributed by atoms with Gasteiger partial charge >= 0.3 is 12.1 Å². The number of carbonyl (C=O) groups is 4. The molecule has 10 aromatic rings. The second-order valence-electron chi connectivity index (χ2n) is 24.4. The molecule has 6 amide bonds. The summed E-state index contributed by atoms with van der Waals surface area (Å²) in [6, 6.07) is 25.6. The van der Waals surface area contributed by atoms with Gasteiger partial charge in [-0.15, -0.1) is 0 Å². The molecule has 3 aliphatic carbocycles. The van der Waals surface area contributed by atoms with E-state index in [1.54, 1.807) is 12.1 Å². The van der Waals surface area contributed by atoms with Crippen molar-refractivity contribution in [2.75, 3.05) is 58.3 Å². The average Bonchev–Trinajstić information content (AvgIpc) is 2.10. The van der Waals surface area contributed by atoms with Crippen molar-refractivity contribution in [1.29, 1.82) is 0 Å². The molecule has 8 heterocycles. The fourth-order valence-corrected chi connectivity index (χ4v) is 12.4. The molecule has 0 atom stereocenters. The number of thiazole rings is 2. The van der Waals surface area contributed by atoms with E-state index in [1.807, 2.05) is 132 Å². The van der Waals surface area contributed by atoms with E-state index in [4.69, 9.17) is 29.0 Å². The van der Waals surface area contributed by atoms with Crippen molar-refractivity contribution in [1.82, 2.24) is 49.7 Å². The number of aromatic nitrogens is 8. The van der Waals surface area contributed by atoms with Crippen molar-refractivity contribution in [2.45, 2.75) is 108 Å². The molecule has 22 nitrogen and oxygen atoms in total. The predicted octanol–water partition coefficient (Wildman–Crippen LogP) is 11.4. The van der Waals surface area contributed by atoms with Crippen LogP contribution in [0, 0.1) is 5.92 Å². The van der Waals surface area contributed by atoms with Gasteiger partial charge in [0.1, 0.15) is 32.8 Å². The van der Waals surface area contributed by atoms with Gasteiger partial charge < -0.3 is 40.1 Å². The van der Waals surface area contributed by atoms with E-state index >= 15 is 0 Å². The summed E-state index contributed by atoms with van der Waals surface area (Å²) in [6.07, 6.45) is 10.5. The lowest BCUT2D eigenvalue weighted by molar-refractivity contribution is -0.123. The largest absolute Gasteiger partial charge is 0.359 e. The second kappa shape index (κ2) is 20.8. The number of amides is 6. The normalized spacial score (nSPS) is 15.3. The lowest BCUT2D eigenvalue weighted by Gasteiger charge is -2.26. The predicted molar refractivity (Wildman–Crippen MR) is 326 cm³/mol. The van der Waals surface area contributed by atoms with Crippen molar-refractivity contribution in [3.05, 3.63) is 109 Å². The van der Waals surface area contributed by atoms with Crippen LogP contribution in [0.3, 0.4) is 0 Å². The standard InChI is InChI=1S/C60H64N16O6S2/c1-57(2,3)43-28-45(71-81-43)65-53(79)61-37-14-10-34(11-15-37)39-30-75-41-18-20-47(67-51(41)83-55(75)63-39)73(6)32-59(24-25-59)69-49(77)22-23-58(4,5)44-29-46(72-82-44)66-54(80)62-38-16-12-35(13-17-38)40-31-76-42-19-21-48(68-52(42)84-56(76)64-40)74(7)33-60(26-27-60)70-50(78)36-8-9-36/h10-21,28-31,36H,8-9,22-27,32-33H2,1-7H3,(H,69,77)(H,70,78)(H2,61,65,71,79)(H2,62,66,72,80). The molecule has 2 aromatic carbocycles. The molecule has 3 saturated carbocycles. The van der Waals surface area contributed by atoms with Crippen LogP contribution in [-0.2, 0) is 20.4 Å². The highest BCUT2D eigenvalue weighted by Gasteiger charge is 2.48. The molecular weight excluding hydrogens is 1100 g/mol. The van der Waals surface area contributed by atoms with Crippen LogP contribution in [0.5, 0.6) is 0 Å². The fraction of sp³-hybridized carbons (Fsp3) is 0.367. The van der Waals surface area contributed by atoms with Gasteiger partial charge in [0.15, 0.2) is 21.6 Å². The number of imidazole rings is 2. The molecule has 13 rings (SSSR count). The van der Waals surface area contributed by atoms with E-state index in [9.17, 15) is 19.2 Å². The van der Waals surface area contributed by atoms with Crippen molar-refractivity contribution >= 4 is 112 Å². The Labute approximate surface area is 490 Å². The molecule has 8 aromatic heterocycles. The number of fused-ring (bicyclic) bond motifs is 6. The van der Waals surface area contributed by atoms with E-state index in [2.05, 4.69) is 62.5 Å². The molecule has 3 aliphatic rings. The maximum absolute atomic E-state index is 13.5. The number of hydrogen-bond donors (Lipinski definition) is 6. The number of rotatable bonds is 19. The van der Waals surface area contributed by atoms with E-state index in [1.165, 1.54) is 22.7 Å². The third-order valence-corrected chi connectivity index (χ3v) is 17.9. The monoisotopic (exact) mass is 1170 g/mol. The molecule has 0 spiro atoms. The minimum absolute atomic E-state index is 0.0452. The Hall–Kier alpha value is -8.90. The summed E-state index contributed by atoms with van der Waals surface area (Å²) < 4.78 is 15.2. The van der Waals surface area contributed by atoms with E-state index in [0.717, 1.165) is 110 Å². The molecule has 0 saturated heterocycles. The van der Waals surface area contributed by atoms with E-state index in [0.29, 0.717) is 41.7 Å². The van der Waals surface area contributed by atoms with Crippen LogP contribution in [-0.4, -0.2) is 101 Å². The van der Waals surface area contributed by atoms with Gasteiger partial charge in [0.2, 0.25) is 11.8 Å². The number of nitrogens with one attached hydrogen (secondary N) is 6. The van der Waals surface area contributed by atoms with E-state index in [-0.39, 0.29) is 46.5 Å². The topological polar surface area (TPSA) is 259 Å². The summed E-state index contributed by atoms with van der Waals surface area (Å²) in [4.78, 5) is 79.1. The molecule has 0 bridgehead atoms. The number of anilines is 6. The zero-order chi connectivity index (χ0) is 58.3. The zero-order valence-corrected chi connectivity index (χ0v) is 49.3. The van der Waals surface area contributed by atoms with Gasteiger partial charge in [-0.05, 0) is 93.5 Å². The van der Waals surface area contributed by atoms with Crippen LogP contribution in [0.25, 0.3) is 53.1 Å². The van der Waals surface area contributed by atoms with Gasteiger partial charge in [-0.1, -0.05) is 91.9 Å². The van der Waals surface area contributed by atoms with Gasteiger partial charge in [0.25, 0.3) is 0 Å². The van der Waals surface area contributed by atoms with Crippen molar-refractivity contribution in [3.8, 4) is 22.5 Å². The highest BCUT2D eigenvalue weighted by Crippen LogP contribution is 2.41. The molecule has 0 aliphatic heterocycles. The molecule has 432 valence electrons. The summed E-state index contributed by atoms with van der Waals surface area (Å²) in [5, 5.41) is 25.9. The first-order chi connectivity index (χ1) is 40.2. The van der Waals surface area contributed by atoms with Crippen LogP contribution in [0.2, 0.25) is 0 Å². The van der Waals surface area contributed by atoms with Crippen molar-refractivity contribution < 1.29 is 28.2 Å². The highest BCUT2D eigenvalue weighted by molar-refractivity contribution is 7.23. The Morgan fingerprint density at radius 2 is 1.07 bits per heavy atom. The molecule has 84 heavy (non-hydrogen) atoms. The second-order valence-corrected chi connectivity index (χ2v) is 26.3. The number of urea groups is 2. The van der Waals surface area contributed by atoms with Crippen LogP contribution in [0.1, 0.15) is 97.5 Å². The molecule has 6 N–H and O–H groups in total. The summed E-state index contributed by atoms with van der Waals surface area (Å²) in [5.74, 6) is 3.82. The van der Waals surface area contributed by atoms with Crippen LogP contribution in [0.15, 0.2) is 106 Å². The third-order valence-electron chi connectivity index (χ3n) is 16.0. The average molecular weight is 1170 g/mol. The first kappa shape index (κ1) is 54.4. The smallest absolute Gasteiger partial charge is 0.324 e. The Kier molecular flexibility index (Phi) is 13.4. The van der Waals surface area contributed by atoms with Crippen molar-refractivity contribution in [2.24, 2.45) is 5.92 Å². The Morgan fingerprint density at radius 1 is 0.607 bits per heavy atom. The summed E-state index contributed by atoms with van der Waals surface area (Å²) in [6.45, 7) is 11.3. The SMILES string of the molecule is CN(CC1(NC(=O)CCC(C)(C)c2cc(NC(=O)Nc3ccc(-c4cn5c(n4)sc4nc(N(C)CC6(NC(=O)C7CC7)CC6)ccc45)cc3)no2)CC1)c1ccc2c(n1)sc1nc(-c3ccc(NC(=O)Nc4cc(C(C)(C)C)on4)cc3)cn12. The zero-order valence-electron chi connectivity index (χ0n) is 47.6. The summed E-state index contributed by atoms with van der Waals surface area (Å²) >= 11 is 3.03. The molecule has 0 unspecified atom stereocenters. The minimum atomic E-state index is -0.553. The molecule has 24 heteroatoms. The Morgan fingerprint density at radius 3 is 1.52 bits per heavy atom. The Bertz CT molecular complexity index is 4170. The van der Waals surface area contributed by atoms with Gasteiger partial charge in [0.05, 0.1) is 33.5 Å².